The van der Waals surface area contributed by atoms with E-state index in [0.29, 0.717) is 18.7 Å². The van der Waals surface area contributed by atoms with Gasteiger partial charge in [-0.3, -0.25) is 0 Å². The molecule has 6 heteroatoms. The fraction of sp³-hybridized carbons (Fsp3) is 0.538. The van der Waals surface area contributed by atoms with Crippen molar-refractivity contribution in [1.82, 2.24) is 5.32 Å². The topological polar surface area (TPSA) is 21.3 Å². The molecule has 108 valence electrons. The second kappa shape index (κ2) is 6.86. The van der Waals surface area contributed by atoms with E-state index in [0.717, 1.165) is 12.1 Å². The number of hydrogen-bond donors (Lipinski definition) is 1. The van der Waals surface area contributed by atoms with Gasteiger partial charge in [0.15, 0.2) is 0 Å². The summed E-state index contributed by atoms with van der Waals surface area (Å²) >= 11 is 0. The highest BCUT2D eigenvalue weighted by Gasteiger charge is 2.34. The van der Waals surface area contributed by atoms with Gasteiger partial charge in [-0.2, -0.15) is 13.2 Å². The summed E-state index contributed by atoms with van der Waals surface area (Å²) in [5, 5.41) is 2.94. The third kappa shape index (κ3) is 5.57. The molecule has 0 amide bonds. The first-order chi connectivity index (χ1) is 8.80. The second-order valence-corrected chi connectivity index (χ2v) is 4.41. The Balaban J connectivity index is 2.51. The van der Waals surface area contributed by atoms with Gasteiger partial charge in [0.25, 0.3) is 0 Å². The Morgan fingerprint density at radius 1 is 1.26 bits per heavy atom. The SMILES string of the molecule is CC(C)OCCNCc1ccc(F)c(C(F)(F)F)c1. The number of benzene rings is 1. The van der Waals surface area contributed by atoms with Crippen molar-refractivity contribution in [3.8, 4) is 0 Å². The van der Waals surface area contributed by atoms with Crippen LogP contribution in [0, 0.1) is 5.82 Å². The molecule has 1 aromatic carbocycles. The smallest absolute Gasteiger partial charge is 0.377 e. The molecule has 1 rings (SSSR count). The molecule has 19 heavy (non-hydrogen) atoms. The summed E-state index contributed by atoms with van der Waals surface area (Å²) in [6.07, 6.45) is -4.55. The summed E-state index contributed by atoms with van der Waals surface area (Å²) in [4.78, 5) is 0. The van der Waals surface area contributed by atoms with Crippen LogP contribution < -0.4 is 5.32 Å². The first kappa shape index (κ1) is 15.9. The van der Waals surface area contributed by atoms with Crippen molar-refractivity contribution in [2.75, 3.05) is 13.2 Å². The number of nitrogens with one attached hydrogen (secondary N) is 1. The molecule has 0 saturated heterocycles. The Morgan fingerprint density at radius 3 is 2.53 bits per heavy atom. The lowest BCUT2D eigenvalue weighted by Gasteiger charge is -2.11. The molecule has 0 unspecified atom stereocenters. The molecule has 1 aromatic rings. The zero-order valence-corrected chi connectivity index (χ0v) is 10.9. The van der Waals surface area contributed by atoms with Crippen LogP contribution in [0.15, 0.2) is 18.2 Å². The zero-order chi connectivity index (χ0) is 14.5. The van der Waals surface area contributed by atoms with Gasteiger partial charge in [-0.1, -0.05) is 6.07 Å². The van der Waals surface area contributed by atoms with Crippen LogP contribution in [0.3, 0.4) is 0 Å². The molecule has 0 spiro atoms. The average molecular weight is 279 g/mol. The number of ether oxygens (including phenoxy) is 1. The van der Waals surface area contributed by atoms with E-state index in [1.807, 2.05) is 13.8 Å². The van der Waals surface area contributed by atoms with Crippen molar-refractivity contribution < 1.29 is 22.3 Å². The highest BCUT2D eigenvalue weighted by Crippen LogP contribution is 2.31. The first-order valence-corrected chi connectivity index (χ1v) is 5.98. The monoisotopic (exact) mass is 279 g/mol. The van der Waals surface area contributed by atoms with E-state index in [1.165, 1.54) is 6.07 Å². The molecule has 0 aliphatic carbocycles. The highest BCUT2D eigenvalue weighted by molar-refractivity contribution is 5.27. The standard InChI is InChI=1S/C13H17F4NO/c1-9(2)19-6-5-18-8-10-3-4-12(14)11(7-10)13(15,16)17/h3-4,7,9,18H,5-6,8H2,1-2H3. The van der Waals surface area contributed by atoms with Gasteiger partial charge in [0.2, 0.25) is 0 Å². The third-order valence-corrected chi connectivity index (χ3v) is 2.40. The minimum Gasteiger partial charge on any atom is -0.377 e. The number of hydrogen-bond acceptors (Lipinski definition) is 2. The Hall–Kier alpha value is -1.14. The fourth-order valence-electron chi connectivity index (χ4n) is 1.50. The molecule has 0 aliphatic rings. The zero-order valence-electron chi connectivity index (χ0n) is 10.9. The molecule has 0 aliphatic heterocycles. The van der Waals surface area contributed by atoms with Gasteiger partial charge in [0.1, 0.15) is 5.82 Å². The van der Waals surface area contributed by atoms with Crippen LogP contribution >= 0.6 is 0 Å². The van der Waals surface area contributed by atoms with E-state index in [-0.39, 0.29) is 12.6 Å². The number of rotatable bonds is 6. The summed E-state index contributed by atoms with van der Waals surface area (Å²) in [5.74, 6) is -1.25. The molecule has 0 bridgehead atoms. The molecular formula is C13H17F4NO. The molecule has 0 radical (unpaired) electrons. The minimum atomic E-state index is -4.67. The number of halogens is 4. The van der Waals surface area contributed by atoms with Crippen LogP contribution in [0.5, 0.6) is 0 Å². The average Bonchev–Trinajstić information content (AvgIpc) is 2.28. The predicted octanol–water partition coefficient (Wildman–Crippen LogP) is 3.36. The van der Waals surface area contributed by atoms with Crippen LogP contribution in [0.1, 0.15) is 25.0 Å². The Bertz CT molecular complexity index is 404. The Kier molecular flexibility index (Phi) is 5.75. The van der Waals surface area contributed by atoms with E-state index in [1.54, 1.807) is 0 Å². The third-order valence-electron chi connectivity index (χ3n) is 2.40. The molecule has 0 atom stereocenters. The lowest BCUT2D eigenvalue weighted by molar-refractivity contribution is -0.140. The number of alkyl halides is 3. The quantitative estimate of drug-likeness (QED) is 0.637. The van der Waals surface area contributed by atoms with Crippen molar-refractivity contribution in [1.29, 1.82) is 0 Å². The van der Waals surface area contributed by atoms with Gasteiger partial charge >= 0.3 is 6.18 Å². The van der Waals surface area contributed by atoms with Gasteiger partial charge in [-0.15, -0.1) is 0 Å². The maximum Gasteiger partial charge on any atom is 0.419 e. The molecule has 0 heterocycles. The van der Waals surface area contributed by atoms with E-state index in [4.69, 9.17) is 4.74 Å². The molecule has 0 aromatic heterocycles. The van der Waals surface area contributed by atoms with Crippen LogP contribution in [0.25, 0.3) is 0 Å². The molecule has 1 N–H and O–H groups in total. The van der Waals surface area contributed by atoms with E-state index in [2.05, 4.69) is 5.32 Å². The first-order valence-electron chi connectivity index (χ1n) is 5.98. The van der Waals surface area contributed by atoms with Crippen molar-refractivity contribution in [2.24, 2.45) is 0 Å². The van der Waals surface area contributed by atoms with Crippen molar-refractivity contribution in [3.63, 3.8) is 0 Å². The predicted molar refractivity (Wildman–Crippen MR) is 64.2 cm³/mol. The second-order valence-electron chi connectivity index (χ2n) is 4.41. The van der Waals surface area contributed by atoms with Gasteiger partial charge in [0, 0.05) is 13.1 Å². The Labute approximate surface area is 109 Å². The van der Waals surface area contributed by atoms with Gasteiger partial charge < -0.3 is 10.1 Å². The largest absolute Gasteiger partial charge is 0.419 e. The summed E-state index contributed by atoms with van der Waals surface area (Å²) in [5.41, 5.74) is -0.844. The normalized spacial score (nSPS) is 12.2. The highest BCUT2D eigenvalue weighted by atomic mass is 19.4. The van der Waals surface area contributed by atoms with Gasteiger partial charge in [0.05, 0.1) is 18.3 Å². The maximum absolute atomic E-state index is 13.0. The molecular weight excluding hydrogens is 262 g/mol. The van der Waals surface area contributed by atoms with Crippen LogP contribution in [0.4, 0.5) is 17.6 Å². The van der Waals surface area contributed by atoms with Crippen LogP contribution in [0.2, 0.25) is 0 Å². The van der Waals surface area contributed by atoms with Gasteiger partial charge in [-0.25, -0.2) is 4.39 Å². The van der Waals surface area contributed by atoms with Gasteiger partial charge in [-0.05, 0) is 31.5 Å². The summed E-state index contributed by atoms with van der Waals surface area (Å²) in [6.45, 7) is 5.04. The molecule has 0 fully saturated rings. The summed E-state index contributed by atoms with van der Waals surface area (Å²) in [6, 6.07) is 3.00. The summed E-state index contributed by atoms with van der Waals surface area (Å²) in [7, 11) is 0. The maximum atomic E-state index is 13.0. The Morgan fingerprint density at radius 2 is 1.95 bits per heavy atom. The lowest BCUT2D eigenvalue weighted by atomic mass is 10.1. The van der Waals surface area contributed by atoms with Crippen molar-refractivity contribution in [2.45, 2.75) is 32.7 Å². The van der Waals surface area contributed by atoms with E-state index >= 15 is 0 Å². The van der Waals surface area contributed by atoms with Crippen molar-refractivity contribution >= 4 is 0 Å². The fourth-order valence-corrected chi connectivity index (χ4v) is 1.50. The van der Waals surface area contributed by atoms with Crippen molar-refractivity contribution in [3.05, 3.63) is 35.1 Å². The van der Waals surface area contributed by atoms with Crippen LogP contribution in [-0.2, 0) is 17.5 Å². The minimum absolute atomic E-state index is 0.115. The molecule has 2 nitrogen and oxygen atoms in total. The summed E-state index contributed by atoms with van der Waals surface area (Å²) < 4.78 is 55.8. The van der Waals surface area contributed by atoms with E-state index in [9.17, 15) is 17.6 Å². The molecule has 0 saturated carbocycles. The van der Waals surface area contributed by atoms with Crippen LogP contribution in [-0.4, -0.2) is 19.3 Å². The van der Waals surface area contributed by atoms with E-state index < -0.39 is 17.6 Å². The lowest BCUT2D eigenvalue weighted by Crippen LogP contribution is -2.21.